The average Bonchev–Trinajstić information content (AvgIpc) is 2.79. The molecule has 6 heteroatoms. The zero-order chi connectivity index (χ0) is 13.2. The fourth-order valence-corrected chi connectivity index (χ4v) is 1.71. The summed E-state index contributed by atoms with van der Waals surface area (Å²) >= 11 is 0. The van der Waals surface area contributed by atoms with E-state index in [0.29, 0.717) is 18.7 Å². The first-order valence-corrected chi connectivity index (χ1v) is 5.43. The maximum absolute atomic E-state index is 12.5. The summed E-state index contributed by atoms with van der Waals surface area (Å²) in [5.41, 5.74) is 6.07. The van der Waals surface area contributed by atoms with Crippen LogP contribution in [0, 0.1) is 0 Å². The van der Waals surface area contributed by atoms with Crippen molar-refractivity contribution in [3.05, 3.63) is 47.8 Å². The molecule has 2 aromatic rings. The summed E-state index contributed by atoms with van der Waals surface area (Å²) in [6.07, 6.45) is -2.52. The van der Waals surface area contributed by atoms with E-state index in [0.717, 1.165) is 11.6 Å². The van der Waals surface area contributed by atoms with Gasteiger partial charge in [0.1, 0.15) is 0 Å². The molecule has 0 aliphatic heterocycles. The van der Waals surface area contributed by atoms with E-state index in [9.17, 15) is 13.2 Å². The maximum Gasteiger partial charge on any atom is 0.435 e. The Balaban J connectivity index is 2.40. The summed E-state index contributed by atoms with van der Waals surface area (Å²) in [5, 5.41) is 3.55. The van der Waals surface area contributed by atoms with Crippen molar-refractivity contribution in [2.45, 2.75) is 12.6 Å². The van der Waals surface area contributed by atoms with Crippen LogP contribution in [0.1, 0.15) is 11.3 Å². The lowest BCUT2D eigenvalue weighted by Gasteiger charge is -2.08. The van der Waals surface area contributed by atoms with Gasteiger partial charge >= 0.3 is 6.18 Å². The maximum atomic E-state index is 12.5. The number of nitrogens with zero attached hydrogens (tertiary/aromatic N) is 2. The smallest absolute Gasteiger partial charge is 0.330 e. The molecule has 0 aliphatic carbocycles. The van der Waals surface area contributed by atoms with Crippen LogP contribution >= 0.6 is 0 Å². The molecule has 0 unspecified atom stereocenters. The first kappa shape index (κ1) is 12.6. The van der Waals surface area contributed by atoms with E-state index < -0.39 is 11.9 Å². The van der Waals surface area contributed by atoms with E-state index in [1.54, 1.807) is 12.1 Å². The number of para-hydroxylation sites is 1. The second-order valence-electron chi connectivity index (χ2n) is 3.81. The molecule has 2 N–H and O–H groups in total. The first-order valence-electron chi connectivity index (χ1n) is 5.43. The quantitative estimate of drug-likeness (QED) is 0.915. The summed E-state index contributed by atoms with van der Waals surface area (Å²) < 4.78 is 38.6. The molecule has 0 saturated carbocycles. The molecule has 3 nitrogen and oxygen atoms in total. The Morgan fingerprint density at radius 3 is 2.50 bits per heavy atom. The molecule has 0 fully saturated rings. The Labute approximate surface area is 102 Å². The minimum atomic E-state index is -4.42. The van der Waals surface area contributed by atoms with Crippen LogP contribution < -0.4 is 5.73 Å². The van der Waals surface area contributed by atoms with E-state index in [2.05, 4.69) is 5.10 Å². The van der Waals surface area contributed by atoms with Crippen LogP contribution in [-0.2, 0) is 12.6 Å². The Bertz CT molecular complexity index is 531. The lowest BCUT2D eigenvalue weighted by Crippen LogP contribution is -2.09. The minimum absolute atomic E-state index is 0.435. The third-order valence-electron chi connectivity index (χ3n) is 2.53. The van der Waals surface area contributed by atoms with Crippen molar-refractivity contribution >= 4 is 0 Å². The van der Waals surface area contributed by atoms with Gasteiger partial charge in [-0.15, -0.1) is 0 Å². The molecule has 0 saturated heterocycles. The number of hydrogen-bond donors (Lipinski definition) is 1. The number of hydrogen-bond acceptors (Lipinski definition) is 2. The molecule has 1 heterocycles. The van der Waals surface area contributed by atoms with Crippen molar-refractivity contribution in [3.63, 3.8) is 0 Å². The van der Waals surface area contributed by atoms with Gasteiger partial charge < -0.3 is 5.73 Å². The van der Waals surface area contributed by atoms with Crippen molar-refractivity contribution in [3.8, 4) is 5.69 Å². The van der Waals surface area contributed by atoms with Crippen molar-refractivity contribution in [1.29, 1.82) is 0 Å². The van der Waals surface area contributed by atoms with Gasteiger partial charge in [-0.1, -0.05) is 18.2 Å². The number of rotatable bonds is 3. The van der Waals surface area contributed by atoms with Crippen LogP contribution in [0.4, 0.5) is 13.2 Å². The van der Waals surface area contributed by atoms with Crippen molar-refractivity contribution in [2.75, 3.05) is 6.54 Å². The van der Waals surface area contributed by atoms with E-state index in [-0.39, 0.29) is 0 Å². The van der Waals surface area contributed by atoms with Crippen LogP contribution in [0.2, 0.25) is 0 Å². The van der Waals surface area contributed by atoms with Gasteiger partial charge in [0.25, 0.3) is 0 Å². The topological polar surface area (TPSA) is 43.8 Å². The Morgan fingerprint density at radius 2 is 1.89 bits per heavy atom. The van der Waals surface area contributed by atoms with E-state index >= 15 is 0 Å². The molecule has 0 spiro atoms. The molecule has 0 bridgehead atoms. The number of nitrogens with two attached hydrogens (primary N) is 1. The second kappa shape index (κ2) is 4.81. The summed E-state index contributed by atoms with van der Waals surface area (Å²) in [6.45, 7) is 0.435. The fraction of sp³-hybridized carbons (Fsp3) is 0.250. The van der Waals surface area contributed by atoms with Crippen LogP contribution in [-0.4, -0.2) is 16.3 Å². The monoisotopic (exact) mass is 255 g/mol. The van der Waals surface area contributed by atoms with Crippen LogP contribution in [0.15, 0.2) is 36.5 Å². The molecule has 1 aromatic heterocycles. The molecular weight excluding hydrogens is 243 g/mol. The predicted molar refractivity (Wildman–Crippen MR) is 61.3 cm³/mol. The lowest BCUT2D eigenvalue weighted by atomic mass is 10.1. The molecule has 0 atom stereocenters. The predicted octanol–water partition coefficient (Wildman–Crippen LogP) is 2.39. The zero-order valence-corrected chi connectivity index (χ0v) is 9.48. The van der Waals surface area contributed by atoms with Gasteiger partial charge in [-0.3, -0.25) is 0 Å². The van der Waals surface area contributed by atoms with Gasteiger partial charge in [-0.25, -0.2) is 4.68 Å². The van der Waals surface area contributed by atoms with Gasteiger partial charge in [0.2, 0.25) is 0 Å². The van der Waals surface area contributed by atoms with Gasteiger partial charge in [0.05, 0.1) is 5.69 Å². The van der Waals surface area contributed by atoms with Crippen molar-refractivity contribution in [1.82, 2.24) is 9.78 Å². The highest BCUT2D eigenvalue weighted by Gasteiger charge is 2.33. The van der Waals surface area contributed by atoms with Gasteiger partial charge in [-0.2, -0.15) is 18.3 Å². The highest BCUT2D eigenvalue weighted by atomic mass is 19.4. The Morgan fingerprint density at radius 1 is 1.17 bits per heavy atom. The standard InChI is InChI=1S/C12H12F3N3/c13-12(14,15)11-6-8-18(17-11)10-4-2-1-3-9(10)5-7-16/h1-4,6,8H,5,7,16H2. The van der Waals surface area contributed by atoms with Gasteiger partial charge in [0, 0.05) is 6.20 Å². The zero-order valence-electron chi connectivity index (χ0n) is 9.48. The van der Waals surface area contributed by atoms with Gasteiger partial charge in [0.15, 0.2) is 5.69 Å². The number of alkyl halides is 3. The Kier molecular flexibility index (Phi) is 3.38. The molecule has 1 aromatic carbocycles. The molecule has 96 valence electrons. The molecule has 0 amide bonds. The third-order valence-corrected chi connectivity index (χ3v) is 2.53. The van der Waals surface area contributed by atoms with E-state index in [4.69, 9.17) is 5.73 Å². The van der Waals surface area contributed by atoms with Crippen LogP contribution in [0.5, 0.6) is 0 Å². The highest BCUT2D eigenvalue weighted by molar-refractivity contribution is 5.40. The summed E-state index contributed by atoms with van der Waals surface area (Å²) in [4.78, 5) is 0. The molecule has 18 heavy (non-hydrogen) atoms. The number of halogens is 3. The SMILES string of the molecule is NCCc1ccccc1-n1ccc(C(F)(F)F)n1. The molecule has 2 rings (SSSR count). The second-order valence-corrected chi connectivity index (χ2v) is 3.81. The number of aromatic nitrogens is 2. The molecule has 0 radical (unpaired) electrons. The van der Waals surface area contributed by atoms with Crippen molar-refractivity contribution in [2.24, 2.45) is 5.73 Å². The summed E-state index contributed by atoms with van der Waals surface area (Å²) in [6, 6.07) is 8.08. The van der Waals surface area contributed by atoms with Crippen LogP contribution in [0.25, 0.3) is 5.69 Å². The molecule has 0 aliphatic rings. The first-order chi connectivity index (χ1) is 8.52. The largest absolute Gasteiger partial charge is 0.435 e. The van der Waals surface area contributed by atoms with E-state index in [1.807, 2.05) is 12.1 Å². The molecular formula is C12H12F3N3. The van der Waals surface area contributed by atoms with Gasteiger partial charge in [-0.05, 0) is 30.7 Å². The van der Waals surface area contributed by atoms with Crippen LogP contribution in [0.3, 0.4) is 0 Å². The van der Waals surface area contributed by atoms with Crippen molar-refractivity contribution < 1.29 is 13.2 Å². The third kappa shape index (κ3) is 2.53. The fourth-order valence-electron chi connectivity index (χ4n) is 1.71. The average molecular weight is 255 g/mol. The summed E-state index contributed by atoms with van der Waals surface area (Å²) in [7, 11) is 0. The minimum Gasteiger partial charge on any atom is -0.330 e. The van der Waals surface area contributed by atoms with E-state index in [1.165, 1.54) is 10.9 Å². The Hall–Kier alpha value is -1.82. The highest BCUT2D eigenvalue weighted by Crippen LogP contribution is 2.28. The normalized spacial score (nSPS) is 11.8. The summed E-state index contributed by atoms with van der Waals surface area (Å²) in [5.74, 6) is 0. The lowest BCUT2D eigenvalue weighted by molar-refractivity contribution is -0.141. The number of benzene rings is 1.